The second-order valence-electron chi connectivity index (χ2n) is 6.99. The molecule has 6 nitrogen and oxygen atoms in total. The van der Waals surface area contributed by atoms with E-state index in [1.165, 1.54) is 30.3 Å². The molecule has 0 bridgehead atoms. The predicted molar refractivity (Wildman–Crippen MR) is 106 cm³/mol. The van der Waals surface area contributed by atoms with E-state index in [2.05, 4.69) is 10.6 Å². The molecule has 0 spiro atoms. The van der Waals surface area contributed by atoms with Crippen LogP contribution in [-0.4, -0.2) is 41.0 Å². The number of carbonyl (C=O) groups is 2. The van der Waals surface area contributed by atoms with Gasteiger partial charge in [-0.3, -0.25) is 14.5 Å². The van der Waals surface area contributed by atoms with E-state index in [-0.39, 0.29) is 35.3 Å². The Morgan fingerprint density at radius 2 is 1.71 bits per heavy atom. The second-order valence-corrected chi connectivity index (χ2v) is 6.99. The zero-order valence-corrected chi connectivity index (χ0v) is 15.7. The fraction of sp³-hybridized carbons (Fsp3) is 0.333. The van der Waals surface area contributed by atoms with E-state index in [0.717, 1.165) is 0 Å². The molecule has 2 aromatic carbocycles. The molecule has 1 unspecified atom stereocenters. The van der Waals surface area contributed by atoms with Gasteiger partial charge in [0.05, 0.1) is 11.7 Å². The van der Waals surface area contributed by atoms with E-state index in [9.17, 15) is 19.1 Å². The van der Waals surface area contributed by atoms with Crippen molar-refractivity contribution in [1.82, 2.24) is 4.90 Å². The van der Waals surface area contributed by atoms with Gasteiger partial charge in [-0.25, -0.2) is 4.39 Å². The number of phenolic OH excluding ortho intramolecular Hbond substituents is 1. The molecule has 3 rings (SSSR count). The molecule has 28 heavy (non-hydrogen) atoms. The summed E-state index contributed by atoms with van der Waals surface area (Å²) in [6.07, 6.45) is 1.27. The number of aromatic hydroxyl groups is 1. The summed E-state index contributed by atoms with van der Waals surface area (Å²) in [5, 5.41) is 15.3. The lowest BCUT2D eigenvalue weighted by Crippen LogP contribution is -2.47. The first-order chi connectivity index (χ1) is 13.4. The number of likely N-dealkylation sites (tertiary alicyclic amines) is 1. The molecule has 2 aromatic rings. The third-order valence-electron chi connectivity index (χ3n) is 5.10. The Hall–Kier alpha value is -2.93. The standard InChI is InChI=1S/C21H24FN3O3/c1-14(20(27)23-17-8-6-16(22)7-9-17)25-12-10-15(11-13-25)21(28)24-18-4-2-3-5-19(18)26/h2-9,14-15,26H,10-13H2,1H3,(H,23,27)(H,24,28). The van der Waals surface area contributed by atoms with Crippen molar-refractivity contribution >= 4 is 23.2 Å². The number of rotatable bonds is 5. The lowest BCUT2D eigenvalue weighted by molar-refractivity contribution is -0.123. The fourth-order valence-corrected chi connectivity index (χ4v) is 3.31. The van der Waals surface area contributed by atoms with Gasteiger partial charge in [0.25, 0.3) is 0 Å². The Balaban J connectivity index is 1.50. The van der Waals surface area contributed by atoms with Crippen LogP contribution in [0.5, 0.6) is 5.75 Å². The summed E-state index contributed by atoms with van der Waals surface area (Å²) in [5.41, 5.74) is 0.956. The van der Waals surface area contributed by atoms with E-state index in [1.807, 2.05) is 11.8 Å². The smallest absolute Gasteiger partial charge is 0.241 e. The van der Waals surface area contributed by atoms with Crippen LogP contribution in [0.1, 0.15) is 19.8 Å². The van der Waals surface area contributed by atoms with Crippen LogP contribution < -0.4 is 10.6 Å². The minimum atomic E-state index is -0.354. The zero-order chi connectivity index (χ0) is 20.1. The van der Waals surface area contributed by atoms with Gasteiger partial charge in [0.2, 0.25) is 11.8 Å². The number of hydrogen-bond acceptors (Lipinski definition) is 4. The first kappa shape index (κ1) is 19.8. The molecule has 1 heterocycles. The van der Waals surface area contributed by atoms with Gasteiger partial charge in [-0.05, 0) is 69.3 Å². The normalized spacial score (nSPS) is 16.4. The first-order valence-electron chi connectivity index (χ1n) is 9.33. The van der Waals surface area contributed by atoms with Crippen LogP contribution in [0.25, 0.3) is 0 Å². The van der Waals surface area contributed by atoms with Crippen LogP contribution >= 0.6 is 0 Å². The summed E-state index contributed by atoms with van der Waals surface area (Å²) >= 11 is 0. The summed E-state index contributed by atoms with van der Waals surface area (Å²) in [5.74, 6) is -0.758. The van der Waals surface area contributed by atoms with E-state index in [1.54, 1.807) is 18.2 Å². The van der Waals surface area contributed by atoms with E-state index in [0.29, 0.717) is 37.3 Å². The highest BCUT2D eigenvalue weighted by Gasteiger charge is 2.30. The maximum atomic E-state index is 13.0. The van der Waals surface area contributed by atoms with Crippen molar-refractivity contribution in [3.8, 4) is 5.75 Å². The summed E-state index contributed by atoms with van der Waals surface area (Å²) in [7, 11) is 0. The highest BCUT2D eigenvalue weighted by Crippen LogP contribution is 2.25. The number of nitrogens with zero attached hydrogens (tertiary/aromatic N) is 1. The molecule has 1 aliphatic heterocycles. The Kier molecular flexibility index (Phi) is 6.26. The SMILES string of the molecule is CC(C(=O)Nc1ccc(F)cc1)N1CCC(C(=O)Nc2ccccc2O)CC1. The Morgan fingerprint density at radius 1 is 1.07 bits per heavy atom. The molecule has 0 saturated carbocycles. The van der Waals surface area contributed by atoms with Gasteiger partial charge in [0, 0.05) is 11.6 Å². The Morgan fingerprint density at radius 3 is 2.36 bits per heavy atom. The van der Waals surface area contributed by atoms with Crippen LogP contribution in [-0.2, 0) is 9.59 Å². The van der Waals surface area contributed by atoms with E-state index in [4.69, 9.17) is 0 Å². The maximum Gasteiger partial charge on any atom is 0.241 e. The number of hydrogen-bond donors (Lipinski definition) is 3. The maximum absolute atomic E-state index is 13.0. The lowest BCUT2D eigenvalue weighted by atomic mass is 9.94. The number of piperidine rings is 1. The number of carbonyl (C=O) groups excluding carboxylic acids is 2. The van der Waals surface area contributed by atoms with Crippen molar-refractivity contribution in [3.63, 3.8) is 0 Å². The molecule has 1 fully saturated rings. The third-order valence-corrected chi connectivity index (χ3v) is 5.10. The van der Waals surface area contributed by atoms with Crippen LogP contribution in [0.4, 0.5) is 15.8 Å². The quantitative estimate of drug-likeness (QED) is 0.691. The molecule has 148 valence electrons. The monoisotopic (exact) mass is 385 g/mol. The number of benzene rings is 2. The van der Waals surface area contributed by atoms with Crippen molar-refractivity contribution in [2.24, 2.45) is 5.92 Å². The molecular weight excluding hydrogens is 361 g/mol. The summed E-state index contributed by atoms with van der Waals surface area (Å²) in [4.78, 5) is 26.9. The highest BCUT2D eigenvalue weighted by atomic mass is 19.1. The van der Waals surface area contributed by atoms with Crippen molar-refractivity contribution in [2.75, 3.05) is 23.7 Å². The van der Waals surface area contributed by atoms with Crippen molar-refractivity contribution in [1.29, 1.82) is 0 Å². The van der Waals surface area contributed by atoms with Gasteiger partial charge in [-0.2, -0.15) is 0 Å². The number of nitrogens with one attached hydrogen (secondary N) is 2. The average molecular weight is 385 g/mol. The Labute approximate surface area is 163 Å². The summed E-state index contributed by atoms with van der Waals surface area (Å²) < 4.78 is 13.0. The largest absolute Gasteiger partial charge is 0.506 e. The van der Waals surface area contributed by atoms with Crippen molar-refractivity contribution in [2.45, 2.75) is 25.8 Å². The number of para-hydroxylation sites is 2. The Bertz CT molecular complexity index is 833. The first-order valence-corrected chi connectivity index (χ1v) is 9.33. The molecule has 3 N–H and O–H groups in total. The van der Waals surface area contributed by atoms with Gasteiger partial charge in [0.1, 0.15) is 11.6 Å². The van der Waals surface area contributed by atoms with Gasteiger partial charge >= 0.3 is 0 Å². The number of phenols is 1. The number of amides is 2. The van der Waals surface area contributed by atoms with Crippen LogP contribution in [0.15, 0.2) is 48.5 Å². The summed E-state index contributed by atoms with van der Waals surface area (Å²) in [6.45, 7) is 3.06. The molecule has 1 saturated heterocycles. The average Bonchev–Trinajstić information content (AvgIpc) is 2.71. The summed E-state index contributed by atoms with van der Waals surface area (Å²) in [6, 6.07) is 11.9. The van der Waals surface area contributed by atoms with Crippen LogP contribution in [0, 0.1) is 11.7 Å². The second kappa shape index (κ2) is 8.84. The minimum Gasteiger partial charge on any atom is -0.506 e. The molecular formula is C21H24FN3O3. The van der Waals surface area contributed by atoms with Gasteiger partial charge < -0.3 is 15.7 Å². The molecule has 7 heteroatoms. The van der Waals surface area contributed by atoms with Gasteiger partial charge in [-0.15, -0.1) is 0 Å². The van der Waals surface area contributed by atoms with Gasteiger partial charge in [-0.1, -0.05) is 12.1 Å². The molecule has 0 aliphatic carbocycles. The highest BCUT2D eigenvalue weighted by molar-refractivity contribution is 5.95. The predicted octanol–water partition coefficient (Wildman–Crippen LogP) is 3.21. The number of anilines is 2. The minimum absolute atomic E-state index is 0.0411. The van der Waals surface area contributed by atoms with E-state index >= 15 is 0 Å². The van der Waals surface area contributed by atoms with Crippen molar-refractivity contribution < 1.29 is 19.1 Å². The molecule has 1 atom stereocenters. The fourth-order valence-electron chi connectivity index (χ4n) is 3.31. The molecule has 0 radical (unpaired) electrons. The zero-order valence-electron chi connectivity index (χ0n) is 15.7. The van der Waals surface area contributed by atoms with Crippen LogP contribution in [0.2, 0.25) is 0 Å². The molecule has 2 amide bonds. The van der Waals surface area contributed by atoms with E-state index < -0.39 is 0 Å². The molecule has 0 aromatic heterocycles. The van der Waals surface area contributed by atoms with Gasteiger partial charge in [0.15, 0.2) is 0 Å². The lowest BCUT2D eigenvalue weighted by Gasteiger charge is -2.34. The number of halogens is 1. The topological polar surface area (TPSA) is 81.7 Å². The third kappa shape index (κ3) is 4.86. The van der Waals surface area contributed by atoms with Crippen LogP contribution in [0.3, 0.4) is 0 Å². The van der Waals surface area contributed by atoms with Crippen molar-refractivity contribution in [3.05, 3.63) is 54.3 Å². The molecule has 1 aliphatic rings.